The topological polar surface area (TPSA) is 69.8 Å². The summed E-state index contributed by atoms with van der Waals surface area (Å²) >= 11 is 0. The molecule has 0 aromatic carbocycles. The Balaban J connectivity index is 1.75. The molecule has 5 heteroatoms. The molecule has 2 heterocycles. The lowest BCUT2D eigenvalue weighted by molar-refractivity contribution is -0.132. The minimum absolute atomic E-state index is 0.145. The van der Waals surface area contributed by atoms with Gasteiger partial charge in [0.25, 0.3) is 0 Å². The van der Waals surface area contributed by atoms with E-state index in [9.17, 15) is 9.90 Å². The fraction of sp³-hybridized carbons (Fsp3) is 0.909. The molecule has 2 aliphatic rings. The molecular weight excluding hydrogens is 206 g/mol. The molecule has 0 radical (unpaired) electrons. The Labute approximate surface area is 96.2 Å². The maximum absolute atomic E-state index is 11.9. The van der Waals surface area contributed by atoms with Gasteiger partial charge in [-0.15, -0.1) is 0 Å². The van der Waals surface area contributed by atoms with Gasteiger partial charge in [-0.05, 0) is 19.3 Å². The summed E-state index contributed by atoms with van der Waals surface area (Å²) in [6, 6.07) is 0.306. The third kappa shape index (κ3) is 2.93. The predicted molar refractivity (Wildman–Crippen MR) is 60.9 cm³/mol. The molecule has 0 spiro atoms. The fourth-order valence-electron chi connectivity index (χ4n) is 2.37. The first-order chi connectivity index (χ1) is 7.65. The molecule has 92 valence electrons. The highest BCUT2D eigenvalue weighted by Gasteiger charge is 2.26. The first-order valence-electron chi connectivity index (χ1n) is 6.09. The number of likely N-dealkylation sites (tertiary alicyclic amines) is 2. The number of piperidine rings is 1. The van der Waals surface area contributed by atoms with E-state index in [1.165, 1.54) is 0 Å². The third-order valence-corrected chi connectivity index (χ3v) is 3.51. The van der Waals surface area contributed by atoms with Gasteiger partial charge in [0.15, 0.2) is 0 Å². The van der Waals surface area contributed by atoms with Crippen LogP contribution in [0.3, 0.4) is 0 Å². The number of hydrogen-bond acceptors (Lipinski definition) is 4. The number of hydrogen-bond donors (Lipinski definition) is 2. The summed E-state index contributed by atoms with van der Waals surface area (Å²) in [5.41, 5.74) is 5.81. The van der Waals surface area contributed by atoms with Crippen molar-refractivity contribution in [2.75, 3.05) is 32.7 Å². The maximum atomic E-state index is 11.9. The molecule has 1 unspecified atom stereocenters. The monoisotopic (exact) mass is 227 g/mol. The number of rotatable bonds is 2. The number of amides is 1. The van der Waals surface area contributed by atoms with Crippen LogP contribution in [-0.4, -0.2) is 65.7 Å². The van der Waals surface area contributed by atoms with Crippen molar-refractivity contribution in [1.29, 1.82) is 0 Å². The van der Waals surface area contributed by atoms with Gasteiger partial charge >= 0.3 is 0 Å². The molecule has 5 nitrogen and oxygen atoms in total. The van der Waals surface area contributed by atoms with Gasteiger partial charge in [0.1, 0.15) is 0 Å². The van der Waals surface area contributed by atoms with Crippen molar-refractivity contribution < 1.29 is 9.90 Å². The van der Waals surface area contributed by atoms with Gasteiger partial charge in [-0.25, -0.2) is 0 Å². The second-order valence-electron chi connectivity index (χ2n) is 4.90. The van der Waals surface area contributed by atoms with Crippen LogP contribution in [0.15, 0.2) is 0 Å². The van der Waals surface area contributed by atoms with Crippen LogP contribution in [0.4, 0.5) is 0 Å². The fourth-order valence-corrected chi connectivity index (χ4v) is 2.37. The number of β-amino-alcohol motifs (C(OH)–C–C–N with tert-alkyl or cyclic N) is 1. The van der Waals surface area contributed by atoms with Crippen LogP contribution in [0, 0.1) is 0 Å². The van der Waals surface area contributed by atoms with Gasteiger partial charge in [-0.2, -0.15) is 0 Å². The lowest BCUT2D eigenvalue weighted by atomic mass is 10.1. The summed E-state index contributed by atoms with van der Waals surface area (Å²) in [6.07, 6.45) is 2.36. The van der Waals surface area contributed by atoms with E-state index in [1.54, 1.807) is 4.90 Å². The van der Waals surface area contributed by atoms with E-state index >= 15 is 0 Å². The average molecular weight is 227 g/mol. The number of nitrogens with two attached hydrogens (primary N) is 1. The zero-order valence-electron chi connectivity index (χ0n) is 9.64. The first-order valence-corrected chi connectivity index (χ1v) is 6.09. The van der Waals surface area contributed by atoms with Crippen molar-refractivity contribution in [3.05, 3.63) is 0 Å². The second kappa shape index (κ2) is 5.12. The highest BCUT2D eigenvalue weighted by atomic mass is 16.3. The maximum Gasteiger partial charge on any atom is 0.236 e. The predicted octanol–water partition coefficient (Wildman–Crippen LogP) is -0.997. The molecule has 2 saturated heterocycles. The molecule has 0 saturated carbocycles. The normalized spacial score (nSPS) is 28.6. The van der Waals surface area contributed by atoms with Crippen LogP contribution in [0.2, 0.25) is 0 Å². The molecule has 2 rings (SSSR count). The molecule has 1 atom stereocenters. The van der Waals surface area contributed by atoms with Crippen molar-refractivity contribution in [2.45, 2.75) is 31.4 Å². The van der Waals surface area contributed by atoms with E-state index in [4.69, 9.17) is 5.73 Å². The lowest BCUT2D eigenvalue weighted by Crippen LogP contribution is -2.45. The van der Waals surface area contributed by atoms with Crippen LogP contribution in [0.1, 0.15) is 19.3 Å². The van der Waals surface area contributed by atoms with E-state index in [0.29, 0.717) is 25.7 Å². The SMILES string of the molecule is NC1CCN(CC(=O)N2CCC(O)C2)CC1. The van der Waals surface area contributed by atoms with Gasteiger partial charge in [-0.1, -0.05) is 0 Å². The number of carbonyl (C=O) groups is 1. The van der Waals surface area contributed by atoms with Crippen LogP contribution in [0.25, 0.3) is 0 Å². The van der Waals surface area contributed by atoms with E-state index in [0.717, 1.165) is 32.4 Å². The molecule has 0 aromatic rings. The molecular formula is C11H21N3O2. The highest BCUT2D eigenvalue weighted by molar-refractivity contribution is 5.78. The average Bonchev–Trinajstić information content (AvgIpc) is 2.68. The smallest absolute Gasteiger partial charge is 0.236 e. The van der Waals surface area contributed by atoms with Crippen LogP contribution in [0.5, 0.6) is 0 Å². The molecule has 0 aliphatic carbocycles. The molecule has 0 aromatic heterocycles. The van der Waals surface area contributed by atoms with Gasteiger partial charge in [-0.3, -0.25) is 9.69 Å². The zero-order valence-corrected chi connectivity index (χ0v) is 9.64. The van der Waals surface area contributed by atoms with Gasteiger partial charge in [0.2, 0.25) is 5.91 Å². The summed E-state index contributed by atoms with van der Waals surface area (Å²) in [5.74, 6) is 0.145. The highest BCUT2D eigenvalue weighted by Crippen LogP contribution is 2.12. The van der Waals surface area contributed by atoms with Crippen LogP contribution < -0.4 is 5.73 Å². The quantitative estimate of drug-likeness (QED) is 0.635. The summed E-state index contributed by atoms with van der Waals surface area (Å²) in [4.78, 5) is 15.8. The molecule has 0 bridgehead atoms. The Bertz CT molecular complexity index is 252. The van der Waals surface area contributed by atoms with Gasteiger partial charge < -0.3 is 15.7 Å². The third-order valence-electron chi connectivity index (χ3n) is 3.51. The minimum atomic E-state index is -0.321. The van der Waals surface area contributed by atoms with Crippen molar-refractivity contribution in [2.24, 2.45) is 5.73 Å². The van der Waals surface area contributed by atoms with Crippen LogP contribution in [-0.2, 0) is 4.79 Å². The Hall–Kier alpha value is -0.650. The van der Waals surface area contributed by atoms with E-state index < -0.39 is 0 Å². The largest absolute Gasteiger partial charge is 0.391 e. The summed E-state index contributed by atoms with van der Waals surface area (Å²) in [7, 11) is 0. The van der Waals surface area contributed by atoms with E-state index in [2.05, 4.69) is 4.90 Å². The summed E-state index contributed by atoms with van der Waals surface area (Å²) in [5, 5.41) is 9.37. The standard InChI is InChI=1S/C11H21N3O2/c12-9-1-4-13(5-2-9)8-11(16)14-6-3-10(15)7-14/h9-10,15H,1-8,12H2. The Morgan fingerprint density at radius 2 is 1.94 bits per heavy atom. The first kappa shape index (κ1) is 11.8. The Morgan fingerprint density at radius 3 is 2.50 bits per heavy atom. The molecule has 1 amide bonds. The number of nitrogens with zero attached hydrogens (tertiary/aromatic N) is 2. The Kier molecular flexibility index (Phi) is 3.78. The summed E-state index contributed by atoms with van der Waals surface area (Å²) in [6.45, 7) is 3.53. The van der Waals surface area contributed by atoms with Gasteiger partial charge in [0.05, 0.1) is 12.6 Å². The van der Waals surface area contributed by atoms with Gasteiger partial charge in [0, 0.05) is 32.2 Å². The summed E-state index contributed by atoms with van der Waals surface area (Å²) < 4.78 is 0. The lowest BCUT2D eigenvalue weighted by Gasteiger charge is -2.30. The molecule has 3 N–H and O–H groups in total. The molecule has 2 fully saturated rings. The minimum Gasteiger partial charge on any atom is -0.391 e. The Morgan fingerprint density at radius 1 is 1.25 bits per heavy atom. The molecule has 16 heavy (non-hydrogen) atoms. The number of aliphatic hydroxyl groups is 1. The number of aliphatic hydroxyl groups excluding tert-OH is 1. The second-order valence-corrected chi connectivity index (χ2v) is 4.90. The molecule has 2 aliphatic heterocycles. The number of carbonyl (C=O) groups excluding carboxylic acids is 1. The van der Waals surface area contributed by atoms with E-state index in [1.807, 2.05) is 0 Å². The van der Waals surface area contributed by atoms with Crippen molar-refractivity contribution in [1.82, 2.24) is 9.80 Å². The van der Waals surface area contributed by atoms with Crippen LogP contribution >= 0.6 is 0 Å². The van der Waals surface area contributed by atoms with Crippen molar-refractivity contribution in [3.63, 3.8) is 0 Å². The van der Waals surface area contributed by atoms with Crippen molar-refractivity contribution >= 4 is 5.91 Å². The zero-order chi connectivity index (χ0) is 11.5. The van der Waals surface area contributed by atoms with Crippen molar-refractivity contribution in [3.8, 4) is 0 Å². The van der Waals surface area contributed by atoms with E-state index in [-0.39, 0.29) is 12.0 Å².